The first kappa shape index (κ1) is 14.2. The lowest BCUT2D eigenvalue weighted by atomic mass is 10.1. The number of hydrogen-bond donors (Lipinski definition) is 0. The smallest absolute Gasteiger partial charge is 0.219 e. The second-order valence-electron chi connectivity index (χ2n) is 4.43. The monoisotopic (exact) mass is 294 g/mol. The van der Waals surface area contributed by atoms with E-state index in [4.69, 9.17) is 11.6 Å². The fraction of sp³-hybridized carbons (Fsp3) is 0.286. The van der Waals surface area contributed by atoms with E-state index in [2.05, 4.69) is 18.0 Å². The number of hydrogen-bond acceptors (Lipinski definition) is 3. The van der Waals surface area contributed by atoms with Crippen LogP contribution < -0.4 is 0 Å². The van der Waals surface area contributed by atoms with Crippen molar-refractivity contribution < 1.29 is 4.79 Å². The van der Waals surface area contributed by atoms with E-state index >= 15 is 0 Å². The molecule has 2 rings (SSSR count). The molecule has 0 aliphatic rings. The van der Waals surface area contributed by atoms with E-state index in [1.54, 1.807) is 24.2 Å². The van der Waals surface area contributed by atoms with Crippen molar-refractivity contribution in [1.29, 1.82) is 0 Å². The van der Waals surface area contributed by atoms with Crippen molar-refractivity contribution in [2.24, 2.45) is 5.92 Å². The predicted molar refractivity (Wildman–Crippen MR) is 79.4 cm³/mol. The molecule has 19 heavy (non-hydrogen) atoms. The van der Waals surface area contributed by atoms with Gasteiger partial charge in [-0.1, -0.05) is 24.6 Å². The highest BCUT2D eigenvalue weighted by Gasteiger charge is 2.09. The fourth-order valence-electron chi connectivity index (χ4n) is 1.76. The van der Waals surface area contributed by atoms with E-state index in [-0.39, 0.29) is 0 Å². The zero-order valence-electron chi connectivity index (χ0n) is 10.6. The number of rotatable bonds is 6. The van der Waals surface area contributed by atoms with Crippen LogP contribution in [0.2, 0.25) is 5.02 Å². The number of nitrogens with zero attached hydrogens (tertiary/aromatic N) is 2. The topological polar surface area (TPSA) is 34.9 Å². The summed E-state index contributed by atoms with van der Waals surface area (Å²) in [4.78, 5) is 16.2. The van der Waals surface area contributed by atoms with E-state index in [0.717, 1.165) is 34.3 Å². The van der Waals surface area contributed by atoms with Crippen LogP contribution in [0, 0.1) is 5.92 Å². The van der Waals surface area contributed by atoms with Gasteiger partial charge in [0.15, 0.2) is 0 Å². The molecule has 3 nitrogen and oxygen atoms in total. The van der Waals surface area contributed by atoms with Gasteiger partial charge in [-0.3, -0.25) is 9.36 Å². The summed E-state index contributed by atoms with van der Waals surface area (Å²) in [5, 5.41) is 0.758. The Labute approximate surface area is 122 Å². The highest BCUT2D eigenvalue weighted by molar-refractivity contribution is 7.99. The molecule has 0 aliphatic carbocycles. The number of thioether (sulfide) groups is 1. The first-order chi connectivity index (χ1) is 9.19. The van der Waals surface area contributed by atoms with Gasteiger partial charge in [-0.2, -0.15) is 0 Å². The molecule has 1 heterocycles. The van der Waals surface area contributed by atoms with Crippen molar-refractivity contribution in [2.45, 2.75) is 18.2 Å². The first-order valence-corrected chi connectivity index (χ1v) is 7.40. The first-order valence-electron chi connectivity index (χ1n) is 6.04. The Balaban J connectivity index is 1.88. The summed E-state index contributed by atoms with van der Waals surface area (Å²) in [6.45, 7) is 2.15. The summed E-state index contributed by atoms with van der Waals surface area (Å²) in [6.07, 6.45) is 4.91. The number of carbonyl (C=O) groups excluding carboxylic acids is 1. The highest BCUT2D eigenvalue weighted by atomic mass is 35.5. The maximum Gasteiger partial charge on any atom is 0.219 e. The van der Waals surface area contributed by atoms with Crippen molar-refractivity contribution >= 4 is 29.8 Å². The molecular weight excluding hydrogens is 280 g/mol. The van der Waals surface area contributed by atoms with Gasteiger partial charge in [0.05, 0.1) is 0 Å². The minimum absolute atomic E-state index is 0.435. The van der Waals surface area contributed by atoms with Crippen LogP contribution in [0.4, 0.5) is 0 Å². The third-order valence-corrected chi connectivity index (χ3v) is 4.28. The standard InChI is InChI=1S/C14H15ClN2OS/c1-11(7-14-16-5-6-17(14)10-18)9-19-13-4-2-3-12(15)8-13/h2-6,8,10-11H,7,9H2,1H3. The van der Waals surface area contributed by atoms with Crippen LogP contribution in [0.1, 0.15) is 12.7 Å². The van der Waals surface area contributed by atoms with Crippen molar-refractivity contribution in [3.63, 3.8) is 0 Å². The molecule has 2 aromatic rings. The average Bonchev–Trinajstić information content (AvgIpc) is 2.84. The average molecular weight is 295 g/mol. The van der Waals surface area contributed by atoms with Gasteiger partial charge in [0.25, 0.3) is 0 Å². The molecule has 0 spiro atoms. The Hall–Kier alpha value is -1.26. The molecule has 0 saturated heterocycles. The van der Waals surface area contributed by atoms with Crippen molar-refractivity contribution in [2.75, 3.05) is 5.75 Å². The molecule has 0 fully saturated rings. The molecule has 1 atom stereocenters. The second kappa shape index (κ2) is 6.78. The molecule has 1 aromatic carbocycles. The fourth-order valence-corrected chi connectivity index (χ4v) is 3.00. The summed E-state index contributed by atoms with van der Waals surface area (Å²) < 4.78 is 1.53. The number of aromatic nitrogens is 2. The Morgan fingerprint density at radius 1 is 1.53 bits per heavy atom. The van der Waals surface area contributed by atoms with E-state index in [0.29, 0.717) is 5.92 Å². The highest BCUT2D eigenvalue weighted by Crippen LogP contribution is 2.24. The number of benzene rings is 1. The summed E-state index contributed by atoms with van der Waals surface area (Å²) in [5.41, 5.74) is 0. The zero-order chi connectivity index (χ0) is 13.7. The van der Waals surface area contributed by atoms with Crippen LogP contribution in [0.15, 0.2) is 41.6 Å². The largest absolute Gasteiger partial charge is 0.278 e. The second-order valence-corrected chi connectivity index (χ2v) is 5.96. The Bertz CT molecular complexity index is 556. The molecular formula is C14H15ClN2OS. The molecule has 0 aliphatic heterocycles. The van der Waals surface area contributed by atoms with Crippen LogP contribution in [0.25, 0.3) is 0 Å². The summed E-state index contributed by atoms with van der Waals surface area (Å²) in [7, 11) is 0. The third kappa shape index (κ3) is 4.11. The van der Waals surface area contributed by atoms with Gasteiger partial charge >= 0.3 is 0 Å². The zero-order valence-corrected chi connectivity index (χ0v) is 12.2. The molecule has 0 radical (unpaired) electrons. The summed E-state index contributed by atoms with van der Waals surface area (Å²) in [5.74, 6) is 2.21. The molecule has 0 saturated carbocycles. The van der Waals surface area contributed by atoms with E-state index < -0.39 is 0 Å². The van der Waals surface area contributed by atoms with Gasteiger partial charge in [-0.05, 0) is 24.1 Å². The SMILES string of the molecule is CC(CSc1cccc(Cl)c1)Cc1nccn1C=O. The molecule has 5 heteroatoms. The maximum absolute atomic E-state index is 10.8. The lowest BCUT2D eigenvalue weighted by Gasteiger charge is -2.10. The van der Waals surface area contributed by atoms with Crippen LogP contribution >= 0.6 is 23.4 Å². The van der Waals surface area contributed by atoms with Crippen LogP contribution in [-0.2, 0) is 11.2 Å². The van der Waals surface area contributed by atoms with Crippen LogP contribution in [0.5, 0.6) is 0 Å². The van der Waals surface area contributed by atoms with Gasteiger partial charge in [-0.15, -0.1) is 11.8 Å². The van der Waals surface area contributed by atoms with E-state index in [1.165, 1.54) is 4.57 Å². The van der Waals surface area contributed by atoms with E-state index in [1.807, 2.05) is 18.2 Å². The Morgan fingerprint density at radius 2 is 2.37 bits per heavy atom. The molecule has 0 N–H and O–H groups in total. The van der Waals surface area contributed by atoms with E-state index in [9.17, 15) is 4.79 Å². The molecule has 0 amide bonds. The quantitative estimate of drug-likeness (QED) is 0.604. The third-order valence-electron chi connectivity index (χ3n) is 2.72. The van der Waals surface area contributed by atoms with Gasteiger partial charge in [0.1, 0.15) is 5.82 Å². The van der Waals surface area contributed by atoms with Crippen molar-refractivity contribution in [3.8, 4) is 0 Å². The Morgan fingerprint density at radius 3 is 3.11 bits per heavy atom. The summed E-state index contributed by atoms with van der Waals surface area (Å²) >= 11 is 7.72. The molecule has 100 valence electrons. The minimum atomic E-state index is 0.435. The number of halogens is 1. The van der Waals surface area contributed by atoms with Crippen molar-refractivity contribution in [3.05, 3.63) is 47.5 Å². The van der Waals surface area contributed by atoms with Crippen LogP contribution in [-0.4, -0.2) is 21.7 Å². The molecule has 1 aromatic heterocycles. The van der Waals surface area contributed by atoms with Crippen LogP contribution in [0.3, 0.4) is 0 Å². The Kier molecular flexibility index (Phi) is 5.05. The maximum atomic E-state index is 10.8. The minimum Gasteiger partial charge on any atom is -0.278 e. The van der Waals surface area contributed by atoms with Gasteiger partial charge < -0.3 is 0 Å². The number of imidazole rings is 1. The van der Waals surface area contributed by atoms with Gasteiger partial charge in [0, 0.05) is 34.5 Å². The number of carbonyl (C=O) groups is 1. The lowest BCUT2D eigenvalue weighted by molar-refractivity contribution is 0.540. The molecule has 1 unspecified atom stereocenters. The normalized spacial score (nSPS) is 12.3. The van der Waals surface area contributed by atoms with Gasteiger partial charge in [0.2, 0.25) is 6.41 Å². The van der Waals surface area contributed by atoms with Gasteiger partial charge in [-0.25, -0.2) is 4.98 Å². The summed E-state index contributed by atoms with van der Waals surface area (Å²) in [6, 6.07) is 7.84. The van der Waals surface area contributed by atoms with Crippen molar-refractivity contribution in [1.82, 2.24) is 9.55 Å². The molecule has 0 bridgehead atoms. The lowest BCUT2D eigenvalue weighted by Crippen LogP contribution is -2.09. The predicted octanol–water partition coefficient (Wildman–Crippen LogP) is 3.55.